The molecule has 0 atom stereocenters. The minimum Gasteiger partial charge on any atom is -0.451 e. The highest BCUT2D eigenvalue weighted by molar-refractivity contribution is 7.07. The van der Waals surface area contributed by atoms with Gasteiger partial charge in [0.25, 0.3) is 0 Å². The van der Waals surface area contributed by atoms with Gasteiger partial charge in [0.05, 0.1) is 0 Å². The summed E-state index contributed by atoms with van der Waals surface area (Å²) in [7, 11) is 1.86. The molecule has 0 bridgehead atoms. The van der Waals surface area contributed by atoms with E-state index in [4.69, 9.17) is 4.42 Å². The number of rotatable bonds is 1. The molecular formula is C14H12N2O2S. The molecule has 19 heavy (non-hydrogen) atoms. The van der Waals surface area contributed by atoms with E-state index in [1.807, 2.05) is 49.8 Å². The van der Waals surface area contributed by atoms with Gasteiger partial charge in [0, 0.05) is 29.6 Å². The van der Waals surface area contributed by atoms with E-state index in [1.54, 1.807) is 4.57 Å². The van der Waals surface area contributed by atoms with Crippen molar-refractivity contribution in [2.45, 2.75) is 6.92 Å². The van der Waals surface area contributed by atoms with Crippen LogP contribution in [0, 0.1) is 6.92 Å². The summed E-state index contributed by atoms with van der Waals surface area (Å²) in [5, 5.41) is 2.84. The molecule has 2 heterocycles. The van der Waals surface area contributed by atoms with Crippen molar-refractivity contribution in [3.05, 3.63) is 52.0 Å². The van der Waals surface area contributed by atoms with E-state index in [0.717, 1.165) is 10.9 Å². The van der Waals surface area contributed by atoms with Gasteiger partial charge in [-0.15, -0.1) is 11.3 Å². The van der Waals surface area contributed by atoms with Gasteiger partial charge in [-0.05, 0) is 13.0 Å². The molecule has 1 amide bonds. The Kier molecular flexibility index (Phi) is 2.83. The summed E-state index contributed by atoms with van der Waals surface area (Å²) in [5.41, 5.74) is 1.55. The van der Waals surface area contributed by atoms with E-state index in [1.165, 1.54) is 11.3 Å². The van der Waals surface area contributed by atoms with Crippen LogP contribution in [0.4, 0.5) is 0 Å². The first kappa shape index (κ1) is 11.9. The third-order valence-corrected chi connectivity index (χ3v) is 3.84. The van der Waals surface area contributed by atoms with Crippen molar-refractivity contribution in [1.29, 1.82) is 0 Å². The second kappa shape index (κ2) is 4.51. The first-order chi connectivity index (χ1) is 9.16. The number of para-hydroxylation sites is 1. The predicted octanol–water partition coefficient (Wildman–Crippen LogP) is 2.88. The Balaban J connectivity index is 2.13. The fourth-order valence-corrected chi connectivity index (χ4v) is 2.68. The summed E-state index contributed by atoms with van der Waals surface area (Å²) in [6.45, 7) is 1.88. The number of carbonyl (C=O) groups excluding carboxylic acids is 1. The number of fused-ring (bicyclic) bond motifs is 1. The van der Waals surface area contributed by atoms with Gasteiger partial charge in [0.2, 0.25) is 0 Å². The maximum absolute atomic E-state index is 12.2. The lowest BCUT2D eigenvalue weighted by Crippen LogP contribution is -2.12. The molecule has 5 heteroatoms. The summed E-state index contributed by atoms with van der Waals surface area (Å²) in [6.07, 6.45) is 1.86. The highest BCUT2D eigenvalue weighted by atomic mass is 32.1. The lowest BCUT2D eigenvalue weighted by molar-refractivity contribution is 0.0972. The average Bonchev–Trinajstić information content (AvgIpc) is 2.95. The Morgan fingerprint density at radius 3 is 2.84 bits per heavy atom. The van der Waals surface area contributed by atoms with Gasteiger partial charge in [-0.3, -0.25) is 4.79 Å². The Labute approximate surface area is 113 Å². The molecule has 0 unspecified atom stereocenters. The number of furan rings is 1. The van der Waals surface area contributed by atoms with Crippen molar-refractivity contribution >= 4 is 28.2 Å². The maximum atomic E-state index is 12.2. The van der Waals surface area contributed by atoms with Crippen molar-refractivity contribution < 1.29 is 9.21 Å². The lowest BCUT2D eigenvalue weighted by Gasteiger charge is -1.92. The van der Waals surface area contributed by atoms with Crippen LogP contribution in [0.15, 0.2) is 45.3 Å². The molecule has 0 saturated carbocycles. The van der Waals surface area contributed by atoms with Gasteiger partial charge in [-0.1, -0.05) is 18.2 Å². The second-order valence-electron chi connectivity index (χ2n) is 4.27. The van der Waals surface area contributed by atoms with Crippen LogP contribution in [0.3, 0.4) is 0 Å². The Morgan fingerprint density at radius 1 is 1.37 bits per heavy atom. The van der Waals surface area contributed by atoms with E-state index >= 15 is 0 Å². The SMILES string of the molecule is Cc1c(C(=O)N=c2sccn2C)oc2ccccc12. The van der Waals surface area contributed by atoms with Crippen LogP contribution in [0.25, 0.3) is 11.0 Å². The van der Waals surface area contributed by atoms with E-state index in [-0.39, 0.29) is 5.91 Å². The van der Waals surface area contributed by atoms with Crippen LogP contribution >= 0.6 is 11.3 Å². The lowest BCUT2D eigenvalue weighted by atomic mass is 10.1. The van der Waals surface area contributed by atoms with Crippen molar-refractivity contribution in [1.82, 2.24) is 4.57 Å². The monoisotopic (exact) mass is 272 g/mol. The molecule has 0 spiro atoms. The molecule has 96 valence electrons. The number of aryl methyl sites for hydroxylation is 2. The van der Waals surface area contributed by atoms with Gasteiger partial charge in [0.1, 0.15) is 5.58 Å². The summed E-state index contributed by atoms with van der Waals surface area (Å²) < 4.78 is 7.41. The number of carbonyl (C=O) groups is 1. The normalized spacial score (nSPS) is 12.2. The summed E-state index contributed by atoms with van der Waals surface area (Å²) in [4.78, 5) is 16.9. The predicted molar refractivity (Wildman–Crippen MR) is 74.1 cm³/mol. The third kappa shape index (κ3) is 2.02. The number of benzene rings is 1. The average molecular weight is 272 g/mol. The number of thiazole rings is 1. The molecule has 3 rings (SSSR count). The first-order valence-electron chi connectivity index (χ1n) is 5.84. The zero-order valence-corrected chi connectivity index (χ0v) is 11.4. The molecule has 0 aliphatic heterocycles. The van der Waals surface area contributed by atoms with Crippen LogP contribution in [-0.4, -0.2) is 10.5 Å². The van der Waals surface area contributed by atoms with Crippen LogP contribution in [0.5, 0.6) is 0 Å². The van der Waals surface area contributed by atoms with E-state index in [2.05, 4.69) is 4.99 Å². The van der Waals surface area contributed by atoms with Gasteiger partial charge in [-0.2, -0.15) is 4.99 Å². The van der Waals surface area contributed by atoms with Crippen LogP contribution in [0.1, 0.15) is 16.1 Å². The Bertz CT molecular complexity index is 823. The number of hydrogen-bond acceptors (Lipinski definition) is 3. The van der Waals surface area contributed by atoms with Gasteiger partial charge in [-0.25, -0.2) is 0 Å². The summed E-state index contributed by atoms with van der Waals surface area (Å²) in [5.74, 6) is -0.0265. The quantitative estimate of drug-likeness (QED) is 0.684. The van der Waals surface area contributed by atoms with Gasteiger partial charge < -0.3 is 8.98 Å². The number of amides is 1. The highest BCUT2D eigenvalue weighted by Gasteiger charge is 2.16. The minimum atomic E-state index is -0.341. The van der Waals surface area contributed by atoms with Crippen LogP contribution < -0.4 is 4.80 Å². The Hall–Kier alpha value is -2.14. The largest absolute Gasteiger partial charge is 0.451 e. The molecule has 2 aromatic heterocycles. The second-order valence-corrected chi connectivity index (χ2v) is 5.14. The number of hydrogen-bond donors (Lipinski definition) is 0. The molecule has 1 aromatic carbocycles. The molecular weight excluding hydrogens is 260 g/mol. The van der Waals surface area contributed by atoms with Gasteiger partial charge in [0.15, 0.2) is 10.6 Å². The van der Waals surface area contributed by atoms with E-state index in [9.17, 15) is 4.79 Å². The molecule has 0 radical (unpaired) electrons. The maximum Gasteiger partial charge on any atom is 0.315 e. The molecule has 0 saturated heterocycles. The number of nitrogens with zero attached hydrogens (tertiary/aromatic N) is 2. The van der Waals surface area contributed by atoms with Crippen LogP contribution in [-0.2, 0) is 7.05 Å². The third-order valence-electron chi connectivity index (χ3n) is 2.99. The fourth-order valence-electron chi connectivity index (χ4n) is 1.95. The number of aromatic nitrogens is 1. The minimum absolute atomic E-state index is 0.314. The van der Waals surface area contributed by atoms with Crippen molar-refractivity contribution in [3.63, 3.8) is 0 Å². The zero-order valence-electron chi connectivity index (χ0n) is 10.6. The highest BCUT2D eigenvalue weighted by Crippen LogP contribution is 2.25. The zero-order chi connectivity index (χ0) is 13.4. The molecule has 0 aliphatic carbocycles. The Morgan fingerprint density at radius 2 is 2.16 bits per heavy atom. The standard InChI is InChI=1S/C14H12N2O2S/c1-9-10-5-3-4-6-11(10)18-12(9)13(17)15-14-16(2)7-8-19-14/h3-8H,1-2H3. The smallest absolute Gasteiger partial charge is 0.315 e. The van der Waals surface area contributed by atoms with Crippen molar-refractivity contribution in [2.75, 3.05) is 0 Å². The first-order valence-corrected chi connectivity index (χ1v) is 6.72. The molecule has 0 aliphatic rings. The summed E-state index contributed by atoms with van der Waals surface area (Å²) >= 11 is 1.42. The van der Waals surface area contributed by atoms with Crippen LogP contribution in [0.2, 0.25) is 0 Å². The van der Waals surface area contributed by atoms with E-state index < -0.39 is 0 Å². The topological polar surface area (TPSA) is 47.5 Å². The molecule has 3 aromatic rings. The fraction of sp³-hybridized carbons (Fsp3) is 0.143. The van der Waals surface area contributed by atoms with Crippen molar-refractivity contribution in [3.8, 4) is 0 Å². The summed E-state index contributed by atoms with van der Waals surface area (Å²) in [6, 6.07) is 7.60. The van der Waals surface area contributed by atoms with E-state index in [0.29, 0.717) is 16.1 Å². The van der Waals surface area contributed by atoms with Gasteiger partial charge >= 0.3 is 5.91 Å². The molecule has 0 N–H and O–H groups in total. The van der Waals surface area contributed by atoms with Crippen molar-refractivity contribution in [2.24, 2.45) is 12.0 Å². The molecule has 4 nitrogen and oxygen atoms in total. The molecule has 0 fully saturated rings.